The lowest BCUT2D eigenvalue weighted by Crippen LogP contribution is -2.28. The van der Waals surface area contributed by atoms with Gasteiger partial charge in [0.2, 0.25) is 0 Å². The summed E-state index contributed by atoms with van der Waals surface area (Å²) in [4.78, 5) is 24.7. The minimum atomic E-state index is -0.796. The van der Waals surface area contributed by atoms with Crippen molar-refractivity contribution in [1.82, 2.24) is 0 Å². The van der Waals surface area contributed by atoms with Crippen molar-refractivity contribution in [1.29, 1.82) is 0 Å². The highest BCUT2D eigenvalue weighted by Crippen LogP contribution is 2.15. The summed E-state index contributed by atoms with van der Waals surface area (Å²) in [7, 11) is 0. The van der Waals surface area contributed by atoms with Crippen LogP contribution in [0, 0.1) is 0 Å². The maximum atomic E-state index is 12.4. The standard InChI is InChI=1S/C81H126O5/c1-3-5-7-9-11-13-15-17-19-21-23-25-27-29-31-33-35-37-39-40-42-43-45-47-49-51-53-55-57-59-61-63-65-67-69-71-73-75-80(83)85-78-79(77-82)86-81(84)76-74-72-70-68-66-64-62-60-58-56-54-52-50-48-46-44-41-38-36-34-32-30-28-26-24-22-20-18-16-14-12-10-8-6-4-2/h5-8,11-14,17-20,23-26,29-32,35-38,40,42,44-47,50,52,56,58,79,82H,3-4,9-10,15-16,21-22,27-28,33-34,39,41,43,48-49,51,53-55,57,59-78H2,1-2H3/b7-5-,8-6-,13-11-,14-12-,19-17-,20-18-,25-23-,26-24-,31-29-,32-30-,37-35-,38-36-,42-40-,46-44-,47-45-,52-50-,58-56-. The summed E-state index contributed by atoms with van der Waals surface area (Å²) in [5.74, 6) is -0.616. The molecular weight excluding hydrogens is 1050 g/mol. The molecule has 0 bridgehead atoms. The number of ether oxygens (including phenoxy) is 2. The van der Waals surface area contributed by atoms with E-state index in [0.29, 0.717) is 12.8 Å². The summed E-state index contributed by atoms with van der Waals surface area (Å²) < 4.78 is 10.7. The van der Waals surface area contributed by atoms with Gasteiger partial charge < -0.3 is 14.6 Å². The first-order valence-corrected chi connectivity index (χ1v) is 34.6. The topological polar surface area (TPSA) is 72.8 Å². The van der Waals surface area contributed by atoms with Gasteiger partial charge in [0.05, 0.1) is 6.61 Å². The second-order valence-electron chi connectivity index (χ2n) is 22.1. The first-order valence-electron chi connectivity index (χ1n) is 34.6. The number of unbranched alkanes of at least 4 members (excludes halogenated alkanes) is 19. The first-order chi connectivity index (χ1) is 42.6. The summed E-state index contributed by atoms with van der Waals surface area (Å²) in [6, 6.07) is 0. The summed E-state index contributed by atoms with van der Waals surface area (Å²) in [6.07, 6.45) is 118. The van der Waals surface area contributed by atoms with Gasteiger partial charge in [0, 0.05) is 12.8 Å². The van der Waals surface area contributed by atoms with Gasteiger partial charge in [0.1, 0.15) is 6.61 Å². The molecule has 5 heteroatoms. The zero-order valence-corrected chi connectivity index (χ0v) is 55.0. The number of aliphatic hydroxyl groups excluding tert-OH is 1. The fraction of sp³-hybridized carbons (Fsp3) is 0.556. The Morgan fingerprint density at radius 3 is 0.698 bits per heavy atom. The fourth-order valence-corrected chi connectivity index (χ4v) is 8.98. The second kappa shape index (κ2) is 73.7. The molecule has 86 heavy (non-hydrogen) atoms. The van der Waals surface area contributed by atoms with E-state index >= 15 is 0 Å². The van der Waals surface area contributed by atoms with Crippen LogP contribution < -0.4 is 0 Å². The van der Waals surface area contributed by atoms with E-state index in [2.05, 4.69) is 220 Å². The third kappa shape index (κ3) is 71.0. The Kier molecular flexibility index (Phi) is 69.0. The van der Waals surface area contributed by atoms with E-state index in [0.717, 1.165) is 154 Å². The van der Waals surface area contributed by atoms with Gasteiger partial charge in [-0.2, -0.15) is 0 Å². The maximum Gasteiger partial charge on any atom is 0.306 e. The third-order valence-corrected chi connectivity index (χ3v) is 14.1. The van der Waals surface area contributed by atoms with Crippen LogP contribution in [0.25, 0.3) is 0 Å². The van der Waals surface area contributed by atoms with E-state index in [-0.39, 0.29) is 25.2 Å². The number of hydrogen-bond donors (Lipinski definition) is 1. The average molecular weight is 1180 g/mol. The van der Waals surface area contributed by atoms with Gasteiger partial charge in [-0.3, -0.25) is 9.59 Å². The predicted molar refractivity (Wildman–Crippen MR) is 379 cm³/mol. The van der Waals surface area contributed by atoms with Crippen LogP contribution in [0.2, 0.25) is 0 Å². The van der Waals surface area contributed by atoms with Crippen molar-refractivity contribution in [2.24, 2.45) is 0 Å². The molecule has 5 nitrogen and oxygen atoms in total. The molecule has 1 N–H and O–H groups in total. The van der Waals surface area contributed by atoms with E-state index < -0.39 is 6.10 Å². The summed E-state index contributed by atoms with van der Waals surface area (Å²) in [6.45, 7) is 3.90. The van der Waals surface area contributed by atoms with Crippen LogP contribution in [0.4, 0.5) is 0 Å². The zero-order valence-electron chi connectivity index (χ0n) is 55.0. The second-order valence-corrected chi connectivity index (χ2v) is 22.1. The summed E-state index contributed by atoms with van der Waals surface area (Å²) in [5, 5.41) is 9.70. The maximum absolute atomic E-state index is 12.4. The number of hydrogen-bond acceptors (Lipinski definition) is 5. The van der Waals surface area contributed by atoms with Crippen LogP contribution in [0.3, 0.4) is 0 Å². The molecule has 1 atom stereocenters. The highest BCUT2D eigenvalue weighted by molar-refractivity contribution is 5.70. The lowest BCUT2D eigenvalue weighted by molar-refractivity contribution is -0.161. The lowest BCUT2D eigenvalue weighted by Gasteiger charge is -2.15. The van der Waals surface area contributed by atoms with Crippen LogP contribution in [-0.2, 0) is 19.1 Å². The number of rotatable bonds is 61. The van der Waals surface area contributed by atoms with Gasteiger partial charge in [0.25, 0.3) is 0 Å². The molecule has 0 aliphatic carbocycles. The normalized spacial score (nSPS) is 13.6. The van der Waals surface area contributed by atoms with Crippen molar-refractivity contribution in [2.75, 3.05) is 13.2 Å². The molecule has 0 heterocycles. The smallest absolute Gasteiger partial charge is 0.306 e. The van der Waals surface area contributed by atoms with E-state index in [1.807, 2.05) is 0 Å². The van der Waals surface area contributed by atoms with Crippen LogP contribution in [0.5, 0.6) is 0 Å². The highest BCUT2D eigenvalue weighted by atomic mass is 16.6. The molecule has 0 saturated carbocycles. The molecule has 0 amide bonds. The van der Waals surface area contributed by atoms with E-state index in [1.165, 1.54) is 89.9 Å². The Balaban J connectivity index is 3.60. The van der Waals surface area contributed by atoms with Gasteiger partial charge in [-0.05, 0) is 148 Å². The molecule has 0 aromatic rings. The van der Waals surface area contributed by atoms with Crippen molar-refractivity contribution in [3.8, 4) is 0 Å². The number of aliphatic hydroxyl groups is 1. The molecule has 0 aliphatic heterocycles. The minimum Gasteiger partial charge on any atom is -0.462 e. The van der Waals surface area contributed by atoms with Gasteiger partial charge in [-0.15, -0.1) is 0 Å². The number of esters is 2. The quantitative estimate of drug-likeness (QED) is 0.0373. The number of allylic oxidation sites excluding steroid dienone is 34. The number of carbonyl (C=O) groups is 2. The van der Waals surface area contributed by atoms with Crippen molar-refractivity contribution in [3.05, 3.63) is 207 Å². The lowest BCUT2D eigenvalue weighted by atomic mass is 10.0. The van der Waals surface area contributed by atoms with Gasteiger partial charge in [0.15, 0.2) is 6.10 Å². The molecule has 0 saturated heterocycles. The molecule has 0 aromatic carbocycles. The van der Waals surface area contributed by atoms with Gasteiger partial charge in [-0.25, -0.2) is 0 Å². The minimum absolute atomic E-state index is 0.0838. The molecular formula is C81H126O5. The zero-order chi connectivity index (χ0) is 61.9. The third-order valence-electron chi connectivity index (χ3n) is 14.1. The largest absolute Gasteiger partial charge is 0.462 e. The average Bonchev–Trinajstić information content (AvgIpc) is 3.55. The first kappa shape index (κ1) is 80.5. The van der Waals surface area contributed by atoms with Crippen LogP contribution in [-0.4, -0.2) is 36.4 Å². The summed E-state index contributed by atoms with van der Waals surface area (Å²) >= 11 is 0. The molecule has 0 aromatic heterocycles. The Morgan fingerprint density at radius 2 is 0.465 bits per heavy atom. The van der Waals surface area contributed by atoms with Crippen LogP contribution in [0.1, 0.15) is 271 Å². The van der Waals surface area contributed by atoms with Crippen molar-refractivity contribution in [3.63, 3.8) is 0 Å². The van der Waals surface area contributed by atoms with Crippen molar-refractivity contribution < 1.29 is 24.2 Å². The van der Waals surface area contributed by atoms with Gasteiger partial charge >= 0.3 is 11.9 Å². The molecule has 0 radical (unpaired) electrons. The van der Waals surface area contributed by atoms with Crippen LogP contribution >= 0.6 is 0 Å². The SMILES string of the molecule is CC/C=C\C/C=C\C/C=C\C/C=C\C/C=C\C/C=C\C/C=C\C/C=C\C/C=C\CCCCCCCCCC(=O)OC(CO)COC(=O)CCCCCCCCCCCCCC/C=C\C/C=C\C/C=C\C/C=C\C/C=C\C/C=C\C/C=C\C/C=C\CC. The predicted octanol–water partition coefficient (Wildman–Crippen LogP) is 24.5. The monoisotopic (exact) mass is 1180 g/mol. The Bertz CT molecular complexity index is 2020. The summed E-state index contributed by atoms with van der Waals surface area (Å²) in [5.41, 5.74) is 0. The highest BCUT2D eigenvalue weighted by Gasteiger charge is 2.16. The molecule has 0 rings (SSSR count). The molecule has 480 valence electrons. The number of carbonyl (C=O) groups excluding carboxylic acids is 2. The van der Waals surface area contributed by atoms with Crippen LogP contribution in [0.15, 0.2) is 207 Å². The fourth-order valence-electron chi connectivity index (χ4n) is 8.98. The van der Waals surface area contributed by atoms with Crippen molar-refractivity contribution >= 4 is 11.9 Å². The van der Waals surface area contributed by atoms with Gasteiger partial charge in [-0.1, -0.05) is 317 Å². The Morgan fingerprint density at radius 1 is 0.267 bits per heavy atom. The molecule has 0 aliphatic rings. The van der Waals surface area contributed by atoms with E-state index in [4.69, 9.17) is 9.47 Å². The molecule has 0 fully saturated rings. The van der Waals surface area contributed by atoms with E-state index in [9.17, 15) is 14.7 Å². The Hall–Kier alpha value is -5.52. The molecule has 0 spiro atoms. The van der Waals surface area contributed by atoms with E-state index in [1.54, 1.807) is 0 Å². The molecule has 1 unspecified atom stereocenters. The Labute approximate surface area is 530 Å². The van der Waals surface area contributed by atoms with Crippen molar-refractivity contribution in [2.45, 2.75) is 277 Å².